The molecule has 1 atom stereocenters. The molecule has 1 heterocycles. The van der Waals surface area contributed by atoms with Crippen molar-refractivity contribution in [3.63, 3.8) is 0 Å². The highest BCUT2D eigenvalue weighted by Crippen LogP contribution is 2.24. The van der Waals surface area contributed by atoms with Gasteiger partial charge in [0, 0.05) is 10.9 Å². The summed E-state index contributed by atoms with van der Waals surface area (Å²) >= 11 is 0. The van der Waals surface area contributed by atoms with Crippen molar-refractivity contribution in [1.29, 1.82) is 0 Å². The largest absolute Gasteiger partial charge is 0.348 e. The van der Waals surface area contributed by atoms with E-state index in [1.807, 2.05) is 86.6 Å². The van der Waals surface area contributed by atoms with Crippen molar-refractivity contribution < 1.29 is 4.79 Å². The first-order chi connectivity index (χ1) is 14.5. The lowest BCUT2D eigenvalue weighted by Crippen LogP contribution is -2.35. The van der Waals surface area contributed by atoms with Crippen LogP contribution < -0.4 is 10.9 Å². The third kappa shape index (κ3) is 4.01. The Balaban J connectivity index is 1.69. The number of hydrogen-bond acceptors (Lipinski definition) is 3. The lowest BCUT2D eigenvalue weighted by Gasteiger charge is -2.15. The smallest absolute Gasteiger partial charge is 0.275 e. The van der Waals surface area contributed by atoms with E-state index in [2.05, 4.69) is 10.4 Å². The minimum Gasteiger partial charge on any atom is -0.348 e. The second-order valence-electron chi connectivity index (χ2n) is 7.42. The maximum absolute atomic E-state index is 13.0. The molecule has 1 N–H and O–H groups in total. The summed E-state index contributed by atoms with van der Waals surface area (Å²) in [5.41, 5.74) is 3.47. The minimum atomic E-state index is -0.274. The number of aryl methyl sites for hydroxylation is 1. The van der Waals surface area contributed by atoms with Gasteiger partial charge in [-0.25, -0.2) is 4.68 Å². The summed E-state index contributed by atoms with van der Waals surface area (Å²) < 4.78 is 1.25. The highest BCUT2D eigenvalue weighted by molar-refractivity contribution is 5.93. The van der Waals surface area contributed by atoms with Crippen molar-refractivity contribution in [2.75, 3.05) is 0 Å². The molecule has 0 saturated heterocycles. The number of fused-ring (bicyclic) bond motifs is 1. The van der Waals surface area contributed by atoms with Crippen LogP contribution in [-0.2, 0) is 11.3 Å². The lowest BCUT2D eigenvalue weighted by atomic mass is 10.0. The predicted molar refractivity (Wildman–Crippen MR) is 119 cm³/mol. The highest BCUT2D eigenvalue weighted by atomic mass is 16.2. The van der Waals surface area contributed by atoms with Gasteiger partial charge in [0.1, 0.15) is 6.54 Å². The van der Waals surface area contributed by atoms with Crippen molar-refractivity contribution in [3.05, 3.63) is 100 Å². The van der Waals surface area contributed by atoms with Crippen molar-refractivity contribution in [2.24, 2.45) is 0 Å². The molecule has 4 rings (SSSR count). The van der Waals surface area contributed by atoms with Gasteiger partial charge >= 0.3 is 0 Å². The third-order valence-electron chi connectivity index (χ3n) is 5.16. The number of hydrogen-bond donors (Lipinski definition) is 1. The fourth-order valence-corrected chi connectivity index (χ4v) is 3.52. The molecule has 4 aromatic rings. The van der Waals surface area contributed by atoms with Gasteiger partial charge in [-0.2, -0.15) is 5.10 Å². The number of carbonyl (C=O) groups is 1. The van der Waals surface area contributed by atoms with E-state index >= 15 is 0 Å². The number of aromatic nitrogens is 2. The van der Waals surface area contributed by atoms with Gasteiger partial charge in [-0.05, 0) is 25.5 Å². The average Bonchev–Trinajstić information content (AvgIpc) is 2.77. The molecule has 0 aliphatic heterocycles. The molecule has 1 amide bonds. The van der Waals surface area contributed by atoms with Crippen LogP contribution in [0.1, 0.15) is 24.1 Å². The van der Waals surface area contributed by atoms with E-state index in [0.29, 0.717) is 11.1 Å². The molecule has 0 bridgehead atoms. The Morgan fingerprint density at radius 2 is 1.57 bits per heavy atom. The van der Waals surface area contributed by atoms with Crippen LogP contribution in [0.4, 0.5) is 0 Å². The van der Waals surface area contributed by atoms with Gasteiger partial charge in [-0.1, -0.05) is 78.4 Å². The first-order valence-corrected chi connectivity index (χ1v) is 9.94. The molecule has 1 aromatic heterocycles. The van der Waals surface area contributed by atoms with Gasteiger partial charge < -0.3 is 5.32 Å². The number of benzene rings is 3. The molecule has 0 aliphatic rings. The number of amides is 1. The molecular formula is C25H23N3O2. The number of carbonyl (C=O) groups excluding carboxylic acids is 1. The topological polar surface area (TPSA) is 64.0 Å². The minimum absolute atomic E-state index is 0.139. The maximum atomic E-state index is 13.0. The normalized spacial score (nSPS) is 11.9. The molecule has 0 saturated carbocycles. The second-order valence-corrected chi connectivity index (χ2v) is 7.42. The van der Waals surface area contributed by atoms with E-state index in [4.69, 9.17) is 0 Å². The zero-order chi connectivity index (χ0) is 21.1. The molecule has 30 heavy (non-hydrogen) atoms. The van der Waals surface area contributed by atoms with Crippen LogP contribution in [0, 0.1) is 6.92 Å². The second kappa shape index (κ2) is 8.33. The fraction of sp³-hybridized carbons (Fsp3) is 0.160. The number of rotatable bonds is 5. The van der Waals surface area contributed by atoms with Gasteiger partial charge in [0.05, 0.1) is 17.1 Å². The van der Waals surface area contributed by atoms with E-state index in [9.17, 15) is 9.59 Å². The summed E-state index contributed by atoms with van der Waals surface area (Å²) in [6, 6.07) is 24.9. The Morgan fingerprint density at radius 1 is 0.933 bits per heavy atom. The summed E-state index contributed by atoms with van der Waals surface area (Å²) in [4.78, 5) is 25.6. The third-order valence-corrected chi connectivity index (χ3v) is 5.16. The Bertz CT molecular complexity index is 1250. The molecule has 3 aromatic carbocycles. The van der Waals surface area contributed by atoms with Gasteiger partial charge in [0.25, 0.3) is 5.56 Å². The molecule has 0 fully saturated rings. The van der Waals surface area contributed by atoms with Crippen LogP contribution in [-0.4, -0.2) is 15.7 Å². The van der Waals surface area contributed by atoms with Crippen molar-refractivity contribution >= 4 is 16.7 Å². The SMILES string of the molecule is Cc1ccc(-c2nn(CC(=O)N[C@@H](C)c3ccccc3)c(=O)c3ccccc23)cc1. The van der Waals surface area contributed by atoms with E-state index in [1.165, 1.54) is 4.68 Å². The zero-order valence-corrected chi connectivity index (χ0v) is 17.0. The van der Waals surface area contributed by atoms with Crippen molar-refractivity contribution in [2.45, 2.75) is 26.4 Å². The molecule has 0 aliphatic carbocycles. The highest BCUT2D eigenvalue weighted by Gasteiger charge is 2.15. The molecule has 0 spiro atoms. The van der Waals surface area contributed by atoms with Crippen LogP contribution in [0.15, 0.2) is 83.7 Å². The summed E-state index contributed by atoms with van der Waals surface area (Å²) in [7, 11) is 0. The monoisotopic (exact) mass is 397 g/mol. The van der Waals surface area contributed by atoms with Crippen LogP contribution in [0.3, 0.4) is 0 Å². The van der Waals surface area contributed by atoms with Crippen LogP contribution >= 0.6 is 0 Å². The Hall–Kier alpha value is -3.73. The predicted octanol–water partition coefficient (Wildman–Crippen LogP) is 4.25. The van der Waals surface area contributed by atoms with Crippen LogP contribution in [0.2, 0.25) is 0 Å². The first kappa shape index (κ1) is 19.6. The zero-order valence-electron chi connectivity index (χ0n) is 17.0. The Morgan fingerprint density at radius 3 is 2.27 bits per heavy atom. The summed E-state index contributed by atoms with van der Waals surface area (Å²) in [5.74, 6) is -0.258. The van der Waals surface area contributed by atoms with Gasteiger partial charge in [0.2, 0.25) is 5.91 Å². The number of nitrogens with one attached hydrogen (secondary N) is 1. The maximum Gasteiger partial charge on any atom is 0.275 e. The quantitative estimate of drug-likeness (QED) is 0.548. The molecule has 0 radical (unpaired) electrons. The molecule has 150 valence electrons. The van der Waals surface area contributed by atoms with Gasteiger partial charge in [0.15, 0.2) is 0 Å². The summed E-state index contributed by atoms with van der Waals surface area (Å²) in [6.07, 6.45) is 0. The number of nitrogens with zero attached hydrogens (tertiary/aromatic N) is 2. The van der Waals surface area contributed by atoms with Crippen LogP contribution in [0.5, 0.6) is 0 Å². The van der Waals surface area contributed by atoms with E-state index in [0.717, 1.165) is 22.1 Å². The Kier molecular flexibility index (Phi) is 5.44. The van der Waals surface area contributed by atoms with Crippen molar-refractivity contribution in [3.8, 4) is 11.3 Å². The van der Waals surface area contributed by atoms with Gasteiger partial charge in [-0.3, -0.25) is 9.59 Å². The molecule has 0 unspecified atom stereocenters. The standard InChI is InChI=1S/C25H23N3O2/c1-17-12-14-20(15-13-17)24-21-10-6-7-11-22(21)25(30)28(27-24)16-23(29)26-18(2)19-8-4-3-5-9-19/h3-15,18H,16H2,1-2H3,(H,26,29)/t18-/m0/s1. The lowest BCUT2D eigenvalue weighted by molar-refractivity contribution is -0.122. The van der Waals surface area contributed by atoms with E-state index < -0.39 is 0 Å². The molecule has 5 nitrogen and oxygen atoms in total. The van der Waals surface area contributed by atoms with E-state index in [-0.39, 0.29) is 24.1 Å². The fourth-order valence-electron chi connectivity index (χ4n) is 3.52. The average molecular weight is 397 g/mol. The summed E-state index contributed by atoms with van der Waals surface area (Å²) in [5, 5.41) is 8.84. The van der Waals surface area contributed by atoms with Gasteiger partial charge in [-0.15, -0.1) is 0 Å². The molecule has 5 heteroatoms. The first-order valence-electron chi connectivity index (χ1n) is 9.94. The molecular weight excluding hydrogens is 374 g/mol. The van der Waals surface area contributed by atoms with E-state index in [1.54, 1.807) is 6.07 Å². The van der Waals surface area contributed by atoms with Crippen molar-refractivity contribution in [1.82, 2.24) is 15.1 Å². The van der Waals surface area contributed by atoms with Crippen LogP contribution in [0.25, 0.3) is 22.0 Å². The summed E-state index contributed by atoms with van der Waals surface area (Å²) in [6.45, 7) is 3.80. The Labute approximate surface area is 175 Å².